The molecule has 606 valence electrons. The standard InChI is InChI=1S/3C39H26N4/c1-3-11-26(12-4-1)37-41-38(27-13-5-2-6-14-27)43-39(42-37)32-19-10-17-29(24-32)28-16-9-18-30(23-28)33-21-22-40-36-34-20-8-7-15-31(34)25-35(33)36;1-3-11-26(12-4-1)28-16-9-18-31(23-28)38-41-37(27-13-5-2-6-14-27)42-39(43-38)32-19-10-17-29(24-32)33-21-22-40-36-34-20-8-7-15-30(34)25-35(33)36;1-3-10-28(11-4-1)37-41-38(29-12-5-2-6-13-29)43-39(42-37)32-16-9-15-30(24-32)26-18-20-27(21-19-26)33-22-23-40-36-34-17-8-7-14-31(34)25-35(33)36/h3*1-24H,25H2. The van der Waals surface area contributed by atoms with Gasteiger partial charge in [-0.05, 0) is 149 Å². The molecule has 129 heavy (non-hydrogen) atoms. The van der Waals surface area contributed by atoms with Crippen molar-refractivity contribution in [3.8, 4) is 203 Å². The van der Waals surface area contributed by atoms with Gasteiger partial charge in [0.15, 0.2) is 52.4 Å². The molecule has 0 saturated carbocycles. The van der Waals surface area contributed by atoms with E-state index in [9.17, 15) is 0 Å². The number of hydrogen-bond donors (Lipinski definition) is 0. The highest BCUT2D eigenvalue weighted by molar-refractivity contribution is 5.88. The van der Waals surface area contributed by atoms with Crippen molar-refractivity contribution in [3.05, 3.63) is 471 Å². The average Bonchev–Trinajstić information content (AvgIpc) is 1.63. The molecule has 3 aliphatic carbocycles. The first-order chi connectivity index (χ1) is 63.9. The van der Waals surface area contributed by atoms with Crippen LogP contribution in [0, 0.1) is 0 Å². The molecule has 0 fully saturated rings. The van der Waals surface area contributed by atoms with Gasteiger partial charge in [-0.25, -0.2) is 44.9 Å². The van der Waals surface area contributed by atoms with Gasteiger partial charge in [-0.15, -0.1) is 0 Å². The van der Waals surface area contributed by atoms with Crippen LogP contribution in [0.25, 0.3) is 203 Å². The highest BCUT2D eigenvalue weighted by atomic mass is 15.1. The van der Waals surface area contributed by atoms with E-state index in [0.717, 1.165) is 125 Å². The fourth-order valence-electron chi connectivity index (χ4n) is 17.7. The summed E-state index contributed by atoms with van der Waals surface area (Å²) in [7, 11) is 0. The Labute approximate surface area is 747 Å². The minimum atomic E-state index is 0.643. The van der Waals surface area contributed by atoms with Crippen molar-refractivity contribution in [1.82, 2.24) is 59.8 Å². The van der Waals surface area contributed by atoms with E-state index in [1.54, 1.807) is 0 Å². The number of fused-ring (bicyclic) bond motifs is 9. The van der Waals surface area contributed by atoms with Crippen LogP contribution in [0.4, 0.5) is 0 Å². The fourth-order valence-corrected chi connectivity index (χ4v) is 17.7. The first-order valence-electron chi connectivity index (χ1n) is 43.3. The molecule has 21 aromatic rings. The zero-order valence-electron chi connectivity index (χ0n) is 70.1. The summed E-state index contributed by atoms with van der Waals surface area (Å²) in [4.78, 5) is 58.6. The number of nitrogens with zero attached hydrogens (tertiary/aromatic N) is 12. The van der Waals surface area contributed by atoms with Crippen molar-refractivity contribution in [2.45, 2.75) is 19.3 Å². The maximum Gasteiger partial charge on any atom is 0.164 e. The van der Waals surface area contributed by atoms with Gasteiger partial charge >= 0.3 is 0 Å². The first-order valence-corrected chi connectivity index (χ1v) is 43.3. The quantitative estimate of drug-likeness (QED) is 0.0959. The summed E-state index contributed by atoms with van der Waals surface area (Å²) >= 11 is 0. The Morgan fingerprint density at radius 2 is 0.326 bits per heavy atom. The Hall–Kier alpha value is -17.2. The van der Waals surface area contributed by atoms with E-state index in [4.69, 9.17) is 59.8 Å². The number of hydrogen-bond acceptors (Lipinski definition) is 12. The smallest absolute Gasteiger partial charge is 0.164 e. The van der Waals surface area contributed by atoms with Crippen molar-refractivity contribution in [3.63, 3.8) is 0 Å². The van der Waals surface area contributed by atoms with Crippen LogP contribution in [-0.4, -0.2) is 59.8 Å². The minimum absolute atomic E-state index is 0.643. The van der Waals surface area contributed by atoms with E-state index in [1.807, 2.05) is 176 Å². The van der Waals surface area contributed by atoms with Gasteiger partial charge in [-0.3, -0.25) is 15.0 Å². The van der Waals surface area contributed by atoms with Gasteiger partial charge in [0.05, 0.1) is 17.1 Å². The van der Waals surface area contributed by atoms with Gasteiger partial charge in [-0.1, -0.05) is 370 Å². The molecular formula is C117H78N12. The van der Waals surface area contributed by atoms with E-state index in [2.05, 4.69) is 261 Å². The van der Waals surface area contributed by atoms with E-state index >= 15 is 0 Å². The van der Waals surface area contributed by atoms with Crippen LogP contribution in [0.15, 0.2) is 437 Å². The molecule has 24 rings (SSSR count). The highest BCUT2D eigenvalue weighted by Gasteiger charge is 2.28. The van der Waals surface area contributed by atoms with Crippen LogP contribution >= 0.6 is 0 Å². The van der Waals surface area contributed by atoms with E-state index in [-0.39, 0.29) is 0 Å². The van der Waals surface area contributed by atoms with Crippen molar-refractivity contribution < 1.29 is 0 Å². The van der Waals surface area contributed by atoms with E-state index in [0.29, 0.717) is 52.4 Å². The molecule has 0 aliphatic heterocycles. The molecule has 6 heterocycles. The van der Waals surface area contributed by atoms with Crippen LogP contribution in [0.3, 0.4) is 0 Å². The van der Waals surface area contributed by atoms with Gasteiger partial charge in [0.1, 0.15) is 0 Å². The lowest BCUT2D eigenvalue weighted by Gasteiger charge is -2.12. The molecule has 0 atom stereocenters. The molecular weight excluding hydrogens is 1570 g/mol. The molecule has 3 aliphatic rings. The fraction of sp³-hybridized carbons (Fsp3) is 0.0256. The SMILES string of the molecule is c1ccc(-c2cccc(-c3nc(-c4ccccc4)nc(-c4cccc(-c5ccnc6c5Cc5ccccc5-6)c4)n3)c2)cc1.c1ccc(-c2nc(-c3ccccc3)nc(-c3cccc(-c4ccc(-c5ccnc6c5Cc5ccccc5-6)cc4)c3)n2)cc1.c1ccc(-c2nc(-c3ccccc3)nc(-c3cccc(-c4cccc(-c5ccnc6c5Cc5ccccc5-6)c4)c3)n2)cc1. The summed E-state index contributed by atoms with van der Waals surface area (Å²) in [5.41, 5.74) is 37.4. The molecule has 6 aromatic heterocycles. The summed E-state index contributed by atoms with van der Waals surface area (Å²) in [6.07, 6.45) is 8.47. The van der Waals surface area contributed by atoms with Gasteiger partial charge in [0, 0.05) is 105 Å². The molecule has 12 heteroatoms. The van der Waals surface area contributed by atoms with Crippen molar-refractivity contribution in [2.24, 2.45) is 0 Å². The topological polar surface area (TPSA) is 155 Å². The van der Waals surface area contributed by atoms with Crippen LogP contribution in [0.5, 0.6) is 0 Å². The monoisotopic (exact) mass is 1650 g/mol. The Morgan fingerprint density at radius 1 is 0.132 bits per heavy atom. The van der Waals surface area contributed by atoms with Gasteiger partial charge in [-0.2, -0.15) is 0 Å². The zero-order valence-corrected chi connectivity index (χ0v) is 70.1. The lowest BCUT2D eigenvalue weighted by Crippen LogP contribution is -2.00. The molecule has 0 radical (unpaired) electrons. The van der Waals surface area contributed by atoms with E-state index in [1.165, 1.54) is 77.9 Å². The molecule has 0 unspecified atom stereocenters. The summed E-state index contributed by atoms with van der Waals surface area (Å²) < 4.78 is 0. The Balaban J connectivity index is 0.000000114. The van der Waals surface area contributed by atoms with Gasteiger partial charge < -0.3 is 0 Å². The number of pyridine rings is 3. The van der Waals surface area contributed by atoms with Gasteiger partial charge in [0.25, 0.3) is 0 Å². The number of aromatic nitrogens is 12. The molecule has 0 amide bonds. The molecule has 15 aromatic carbocycles. The van der Waals surface area contributed by atoms with Crippen LogP contribution < -0.4 is 0 Å². The second-order valence-corrected chi connectivity index (χ2v) is 32.2. The second-order valence-electron chi connectivity index (χ2n) is 32.2. The number of rotatable bonds is 15. The zero-order chi connectivity index (χ0) is 85.8. The average molecular weight is 1650 g/mol. The van der Waals surface area contributed by atoms with Crippen molar-refractivity contribution in [1.29, 1.82) is 0 Å². The van der Waals surface area contributed by atoms with Gasteiger partial charge in [0.2, 0.25) is 0 Å². The highest BCUT2D eigenvalue weighted by Crippen LogP contribution is 2.46. The van der Waals surface area contributed by atoms with Crippen molar-refractivity contribution >= 4 is 0 Å². The Bertz CT molecular complexity index is 7630. The third-order valence-corrected chi connectivity index (χ3v) is 24.1. The molecule has 0 N–H and O–H groups in total. The molecule has 12 nitrogen and oxygen atoms in total. The largest absolute Gasteiger partial charge is 0.256 e. The minimum Gasteiger partial charge on any atom is -0.256 e. The lowest BCUT2D eigenvalue weighted by molar-refractivity contribution is 1.07. The summed E-state index contributed by atoms with van der Waals surface area (Å²) in [6, 6.07) is 144. The number of benzene rings is 15. The summed E-state index contributed by atoms with van der Waals surface area (Å²) in [6.45, 7) is 0. The second kappa shape index (κ2) is 34.8. The van der Waals surface area contributed by atoms with Crippen LogP contribution in [-0.2, 0) is 19.3 Å². The predicted octanol–water partition coefficient (Wildman–Crippen LogP) is 27.5. The maximum atomic E-state index is 5.04. The maximum absolute atomic E-state index is 5.04. The van der Waals surface area contributed by atoms with Crippen LogP contribution in [0.2, 0.25) is 0 Å². The first kappa shape index (κ1) is 77.8. The Morgan fingerprint density at radius 3 is 0.620 bits per heavy atom. The third-order valence-electron chi connectivity index (χ3n) is 24.1. The lowest BCUT2D eigenvalue weighted by atomic mass is 9.95. The van der Waals surface area contributed by atoms with E-state index < -0.39 is 0 Å². The normalized spacial score (nSPS) is 11.6. The summed E-state index contributed by atoms with van der Waals surface area (Å²) in [5, 5.41) is 0. The predicted molar refractivity (Wildman–Crippen MR) is 519 cm³/mol. The Kier molecular flexibility index (Phi) is 21.0. The molecule has 0 spiro atoms. The van der Waals surface area contributed by atoms with Crippen LogP contribution in [0.1, 0.15) is 33.4 Å². The summed E-state index contributed by atoms with van der Waals surface area (Å²) in [5.74, 6) is 5.87. The molecule has 0 saturated heterocycles. The van der Waals surface area contributed by atoms with Crippen molar-refractivity contribution in [2.75, 3.05) is 0 Å². The third kappa shape index (κ3) is 16.1. The molecule has 0 bridgehead atoms.